The SMILES string of the molecule is CN1CCC(C)(CNC(=O)[C@@H](N)CC(=O)OCc2ccccc2)CC1. The second-order valence-corrected chi connectivity index (χ2v) is 7.29. The first kappa shape index (κ1) is 19.4. The molecular weight excluding hydrogens is 318 g/mol. The van der Waals surface area contributed by atoms with Crippen molar-refractivity contribution in [3.05, 3.63) is 35.9 Å². The summed E-state index contributed by atoms with van der Waals surface area (Å²) in [5.74, 6) is -0.756. The number of carbonyl (C=O) groups excluding carboxylic acids is 2. The maximum Gasteiger partial charge on any atom is 0.308 e. The number of carbonyl (C=O) groups is 2. The molecule has 1 fully saturated rings. The number of amides is 1. The van der Waals surface area contributed by atoms with E-state index < -0.39 is 12.0 Å². The third kappa shape index (κ3) is 6.48. The van der Waals surface area contributed by atoms with Gasteiger partial charge in [0.2, 0.25) is 5.91 Å². The Bertz CT molecular complexity index is 569. The van der Waals surface area contributed by atoms with Crippen LogP contribution in [0.1, 0.15) is 31.7 Å². The summed E-state index contributed by atoms with van der Waals surface area (Å²) in [4.78, 5) is 26.3. The third-order valence-electron chi connectivity index (χ3n) is 4.85. The number of piperidine rings is 1. The highest BCUT2D eigenvalue weighted by atomic mass is 16.5. The Morgan fingerprint density at radius 3 is 2.56 bits per heavy atom. The molecule has 1 aromatic rings. The Morgan fingerprint density at radius 2 is 1.92 bits per heavy atom. The Hall–Kier alpha value is -1.92. The van der Waals surface area contributed by atoms with Crippen LogP contribution in [0.3, 0.4) is 0 Å². The highest BCUT2D eigenvalue weighted by Gasteiger charge is 2.30. The van der Waals surface area contributed by atoms with Gasteiger partial charge in [0.05, 0.1) is 12.5 Å². The molecule has 25 heavy (non-hydrogen) atoms. The van der Waals surface area contributed by atoms with E-state index in [-0.39, 0.29) is 24.3 Å². The lowest BCUT2D eigenvalue weighted by Gasteiger charge is -2.38. The van der Waals surface area contributed by atoms with Gasteiger partial charge in [-0.15, -0.1) is 0 Å². The largest absolute Gasteiger partial charge is 0.461 e. The molecule has 2 rings (SSSR count). The fourth-order valence-corrected chi connectivity index (χ4v) is 2.84. The minimum absolute atomic E-state index is 0.0930. The van der Waals surface area contributed by atoms with Crippen molar-refractivity contribution < 1.29 is 14.3 Å². The maximum atomic E-state index is 12.1. The van der Waals surface area contributed by atoms with Crippen LogP contribution in [0.15, 0.2) is 30.3 Å². The fraction of sp³-hybridized carbons (Fsp3) is 0.579. The van der Waals surface area contributed by atoms with E-state index in [0.29, 0.717) is 6.54 Å². The minimum Gasteiger partial charge on any atom is -0.461 e. The summed E-state index contributed by atoms with van der Waals surface area (Å²) in [5.41, 5.74) is 6.85. The molecule has 1 heterocycles. The zero-order valence-electron chi connectivity index (χ0n) is 15.2. The molecule has 1 aliphatic heterocycles. The first-order valence-corrected chi connectivity index (χ1v) is 8.79. The highest BCUT2D eigenvalue weighted by molar-refractivity contribution is 5.86. The lowest BCUT2D eigenvalue weighted by molar-refractivity contribution is -0.146. The lowest BCUT2D eigenvalue weighted by Crippen LogP contribution is -2.48. The van der Waals surface area contributed by atoms with E-state index in [1.165, 1.54) is 0 Å². The first-order valence-electron chi connectivity index (χ1n) is 8.79. The van der Waals surface area contributed by atoms with Crippen LogP contribution in [0.5, 0.6) is 0 Å². The molecule has 1 amide bonds. The molecule has 0 unspecified atom stereocenters. The molecule has 1 aliphatic rings. The number of rotatable bonds is 7. The molecule has 0 aliphatic carbocycles. The maximum absolute atomic E-state index is 12.1. The summed E-state index contributed by atoms with van der Waals surface area (Å²) in [6.45, 7) is 5.03. The van der Waals surface area contributed by atoms with E-state index in [0.717, 1.165) is 31.5 Å². The summed E-state index contributed by atoms with van der Waals surface area (Å²) in [7, 11) is 2.11. The molecule has 3 N–H and O–H groups in total. The molecule has 0 bridgehead atoms. The lowest BCUT2D eigenvalue weighted by atomic mass is 9.80. The van der Waals surface area contributed by atoms with Crippen LogP contribution >= 0.6 is 0 Å². The Kier molecular flexibility index (Phi) is 6.96. The smallest absolute Gasteiger partial charge is 0.308 e. The number of ether oxygens (including phenoxy) is 1. The fourth-order valence-electron chi connectivity index (χ4n) is 2.84. The number of benzene rings is 1. The molecule has 0 aromatic heterocycles. The number of esters is 1. The summed E-state index contributed by atoms with van der Waals surface area (Å²) in [6.07, 6.45) is 1.97. The number of nitrogens with two attached hydrogens (primary N) is 1. The number of likely N-dealkylation sites (tertiary alicyclic amines) is 1. The molecule has 0 radical (unpaired) electrons. The van der Waals surface area contributed by atoms with Gasteiger partial charge < -0.3 is 20.7 Å². The average Bonchev–Trinajstić information content (AvgIpc) is 2.61. The van der Waals surface area contributed by atoms with Crippen molar-refractivity contribution in [2.45, 2.75) is 38.8 Å². The monoisotopic (exact) mass is 347 g/mol. The number of nitrogens with one attached hydrogen (secondary N) is 1. The predicted molar refractivity (Wildman–Crippen MR) is 96.7 cm³/mol. The zero-order valence-corrected chi connectivity index (χ0v) is 15.2. The summed E-state index contributed by atoms with van der Waals surface area (Å²) < 4.78 is 5.17. The highest BCUT2D eigenvalue weighted by Crippen LogP contribution is 2.29. The number of hydrogen-bond donors (Lipinski definition) is 2. The van der Waals surface area contributed by atoms with Crippen molar-refractivity contribution >= 4 is 11.9 Å². The molecule has 6 heteroatoms. The van der Waals surface area contributed by atoms with Gasteiger partial charge in [-0.05, 0) is 44.0 Å². The Labute approximate surface area is 149 Å². The summed E-state index contributed by atoms with van der Waals surface area (Å²) >= 11 is 0. The average molecular weight is 347 g/mol. The van der Waals surface area contributed by atoms with Crippen LogP contribution in [0, 0.1) is 5.41 Å². The van der Waals surface area contributed by atoms with Crippen molar-refractivity contribution in [3.63, 3.8) is 0 Å². The van der Waals surface area contributed by atoms with Crippen LogP contribution in [-0.4, -0.2) is 49.5 Å². The van der Waals surface area contributed by atoms with Gasteiger partial charge >= 0.3 is 5.97 Å². The topological polar surface area (TPSA) is 84.7 Å². The summed E-state index contributed by atoms with van der Waals surface area (Å²) in [5, 5.41) is 2.90. The Morgan fingerprint density at radius 1 is 1.28 bits per heavy atom. The van der Waals surface area contributed by atoms with Gasteiger partial charge in [-0.2, -0.15) is 0 Å². The van der Waals surface area contributed by atoms with E-state index in [2.05, 4.69) is 24.2 Å². The minimum atomic E-state index is -0.877. The van der Waals surface area contributed by atoms with Crippen LogP contribution < -0.4 is 11.1 Å². The van der Waals surface area contributed by atoms with Crippen molar-refractivity contribution in [1.29, 1.82) is 0 Å². The molecule has 1 saturated heterocycles. The van der Waals surface area contributed by atoms with Gasteiger partial charge in [-0.3, -0.25) is 9.59 Å². The van der Waals surface area contributed by atoms with Crippen molar-refractivity contribution in [3.8, 4) is 0 Å². The van der Waals surface area contributed by atoms with Gasteiger partial charge in [0.1, 0.15) is 6.61 Å². The van der Waals surface area contributed by atoms with Crippen LogP contribution in [0.2, 0.25) is 0 Å². The van der Waals surface area contributed by atoms with Crippen LogP contribution in [0.25, 0.3) is 0 Å². The van der Waals surface area contributed by atoms with E-state index in [1.54, 1.807) is 0 Å². The zero-order chi connectivity index (χ0) is 18.3. The number of hydrogen-bond acceptors (Lipinski definition) is 5. The van der Waals surface area contributed by atoms with Crippen LogP contribution in [0.4, 0.5) is 0 Å². The predicted octanol–water partition coefficient (Wildman–Crippen LogP) is 1.30. The quantitative estimate of drug-likeness (QED) is 0.726. The van der Waals surface area contributed by atoms with Crippen molar-refractivity contribution in [1.82, 2.24) is 10.2 Å². The normalized spacial score (nSPS) is 18.4. The standard InChI is InChI=1S/C19H29N3O3/c1-19(8-10-22(2)11-9-19)14-21-18(24)16(20)12-17(23)25-13-15-6-4-3-5-7-15/h3-7,16H,8-14,20H2,1-2H3,(H,21,24)/t16-/m0/s1. The third-order valence-corrected chi connectivity index (χ3v) is 4.85. The molecule has 6 nitrogen and oxygen atoms in total. The van der Waals surface area contributed by atoms with Gasteiger partial charge in [-0.25, -0.2) is 0 Å². The molecule has 0 spiro atoms. The molecular formula is C19H29N3O3. The van der Waals surface area contributed by atoms with E-state index >= 15 is 0 Å². The van der Waals surface area contributed by atoms with Gasteiger partial charge in [0, 0.05) is 6.54 Å². The molecule has 1 aromatic carbocycles. The van der Waals surface area contributed by atoms with E-state index in [1.807, 2.05) is 30.3 Å². The van der Waals surface area contributed by atoms with Crippen molar-refractivity contribution in [2.75, 3.05) is 26.7 Å². The van der Waals surface area contributed by atoms with Crippen molar-refractivity contribution in [2.24, 2.45) is 11.1 Å². The first-order chi connectivity index (χ1) is 11.9. The second-order valence-electron chi connectivity index (χ2n) is 7.29. The van der Waals surface area contributed by atoms with Gasteiger partial charge in [0.15, 0.2) is 0 Å². The van der Waals surface area contributed by atoms with E-state index in [9.17, 15) is 9.59 Å². The Balaban J connectivity index is 1.69. The molecule has 0 saturated carbocycles. The van der Waals surface area contributed by atoms with Gasteiger partial charge in [0.25, 0.3) is 0 Å². The number of nitrogens with zero attached hydrogens (tertiary/aromatic N) is 1. The van der Waals surface area contributed by atoms with Crippen LogP contribution in [-0.2, 0) is 20.9 Å². The summed E-state index contributed by atoms with van der Waals surface area (Å²) in [6, 6.07) is 8.54. The molecule has 1 atom stereocenters. The molecule has 138 valence electrons. The second kappa shape index (κ2) is 8.97. The van der Waals surface area contributed by atoms with E-state index in [4.69, 9.17) is 10.5 Å². The van der Waals surface area contributed by atoms with Gasteiger partial charge in [-0.1, -0.05) is 37.3 Å².